The molecule has 2 unspecified atom stereocenters. The summed E-state index contributed by atoms with van der Waals surface area (Å²) in [6.07, 6.45) is 4.32. The lowest BCUT2D eigenvalue weighted by Crippen LogP contribution is -2.35. The minimum absolute atomic E-state index is 0.0399. The van der Waals surface area contributed by atoms with Crippen molar-refractivity contribution in [2.45, 2.75) is 32.9 Å². The number of hydrogen-bond donors (Lipinski definition) is 2. The van der Waals surface area contributed by atoms with Crippen LogP contribution in [0.1, 0.15) is 30.2 Å². The standard InChI is InChI=1S/C25H29Cl2N5O3/c1-17(9-10-28)22(14-29-12-19-3-2-4-23(26)25(19)27)24(33)11-21-13-30-16-31(21)15-18-5-7-20(8-6-18)32(34)35/h2-8,13,16-17,22,29H,9-12,14-15,28H2,1H3. The first-order chi connectivity index (χ1) is 16.8. The number of nitrogens with two attached hydrogens (primary N) is 1. The molecule has 3 N–H and O–H groups in total. The Labute approximate surface area is 214 Å². The maximum atomic E-state index is 13.4. The van der Waals surface area contributed by atoms with Gasteiger partial charge in [-0.05, 0) is 36.1 Å². The second-order valence-electron chi connectivity index (χ2n) is 8.58. The molecule has 1 heterocycles. The highest BCUT2D eigenvalue weighted by atomic mass is 35.5. The van der Waals surface area contributed by atoms with Crippen molar-refractivity contribution >= 4 is 34.7 Å². The normalized spacial score (nSPS) is 12.9. The summed E-state index contributed by atoms with van der Waals surface area (Å²) >= 11 is 12.4. The number of carbonyl (C=O) groups is 1. The minimum atomic E-state index is -0.428. The molecule has 3 rings (SSSR count). The van der Waals surface area contributed by atoms with Crippen LogP contribution < -0.4 is 11.1 Å². The summed E-state index contributed by atoms with van der Waals surface area (Å²) in [5.41, 5.74) is 8.36. The molecule has 0 fully saturated rings. The van der Waals surface area contributed by atoms with Gasteiger partial charge in [-0.2, -0.15) is 0 Å². The van der Waals surface area contributed by atoms with Crippen LogP contribution in [0.2, 0.25) is 10.0 Å². The molecule has 0 bridgehead atoms. The van der Waals surface area contributed by atoms with Crippen LogP contribution in [0.15, 0.2) is 55.0 Å². The molecule has 0 saturated heterocycles. The van der Waals surface area contributed by atoms with Crippen LogP contribution in [0.4, 0.5) is 5.69 Å². The smallest absolute Gasteiger partial charge is 0.269 e. The van der Waals surface area contributed by atoms with E-state index in [1.165, 1.54) is 12.1 Å². The van der Waals surface area contributed by atoms with Crippen LogP contribution in [0.3, 0.4) is 0 Å². The molecule has 2 atom stereocenters. The zero-order chi connectivity index (χ0) is 25.4. The number of ketones is 1. The first-order valence-corrected chi connectivity index (χ1v) is 12.1. The highest BCUT2D eigenvalue weighted by Gasteiger charge is 2.25. The number of nitro benzene ring substituents is 1. The number of benzene rings is 2. The van der Waals surface area contributed by atoms with Gasteiger partial charge >= 0.3 is 0 Å². The summed E-state index contributed by atoms with van der Waals surface area (Å²) in [6, 6.07) is 11.8. The van der Waals surface area contributed by atoms with Crippen LogP contribution in [0.25, 0.3) is 0 Å². The second kappa shape index (κ2) is 12.8. The van der Waals surface area contributed by atoms with Gasteiger partial charge in [0.25, 0.3) is 5.69 Å². The predicted molar refractivity (Wildman–Crippen MR) is 138 cm³/mol. The number of Topliss-reactive ketones (excluding diaryl/α,β-unsaturated/α-hetero) is 1. The lowest BCUT2D eigenvalue weighted by molar-refractivity contribution is -0.384. The van der Waals surface area contributed by atoms with Gasteiger partial charge in [-0.25, -0.2) is 4.98 Å². The third-order valence-corrected chi connectivity index (χ3v) is 6.95. The largest absolute Gasteiger partial charge is 0.330 e. The number of nitrogens with zero attached hydrogens (tertiary/aromatic N) is 3. The van der Waals surface area contributed by atoms with Gasteiger partial charge in [-0.1, -0.05) is 54.4 Å². The first kappa shape index (κ1) is 26.8. The molecule has 186 valence electrons. The zero-order valence-corrected chi connectivity index (χ0v) is 21.0. The van der Waals surface area contributed by atoms with Crippen LogP contribution in [0.5, 0.6) is 0 Å². The van der Waals surface area contributed by atoms with E-state index in [0.717, 1.165) is 23.2 Å². The molecule has 0 saturated carbocycles. The predicted octanol–water partition coefficient (Wildman–Crippen LogP) is 4.65. The molecule has 0 radical (unpaired) electrons. The van der Waals surface area contributed by atoms with Gasteiger partial charge in [-0.3, -0.25) is 14.9 Å². The van der Waals surface area contributed by atoms with Crippen molar-refractivity contribution in [2.75, 3.05) is 13.1 Å². The third-order valence-electron chi connectivity index (χ3n) is 6.09. The fourth-order valence-corrected chi connectivity index (χ4v) is 4.40. The van der Waals surface area contributed by atoms with E-state index >= 15 is 0 Å². The summed E-state index contributed by atoms with van der Waals surface area (Å²) in [7, 11) is 0. The molecule has 3 aromatic rings. The summed E-state index contributed by atoms with van der Waals surface area (Å²) < 4.78 is 1.89. The van der Waals surface area contributed by atoms with Crippen LogP contribution in [-0.4, -0.2) is 33.3 Å². The van der Waals surface area contributed by atoms with E-state index in [1.807, 2.05) is 23.6 Å². The number of carbonyl (C=O) groups excluding carboxylic acids is 1. The van der Waals surface area contributed by atoms with E-state index in [2.05, 4.69) is 10.3 Å². The van der Waals surface area contributed by atoms with Gasteiger partial charge in [0.1, 0.15) is 5.78 Å². The van der Waals surface area contributed by atoms with E-state index in [4.69, 9.17) is 28.9 Å². The fraction of sp³-hybridized carbons (Fsp3) is 0.360. The number of halogens is 2. The zero-order valence-electron chi connectivity index (χ0n) is 19.5. The number of hydrogen-bond acceptors (Lipinski definition) is 6. The topological polar surface area (TPSA) is 116 Å². The first-order valence-electron chi connectivity index (χ1n) is 11.4. The molecule has 35 heavy (non-hydrogen) atoms. The van der Waals surface area contributed by atoms with Crippen LogP contribution >= 0.6 is 23.2 Å². The number of non-ortho nitro benzene ring substituents is 1. The van der Waals surface area contributed by atoms with Gasteiger partial charge in [-0.15, -0.1) is 0 Å². The van der Waals surface area contributed by atoms with Gasteiger partial charge in [0.05, 0.1) is 21.3 Å². The summed E-state index contributed by atoms with van der Waals surface area (Å²) in [6.45, 7) is 3.99. The molecule has 0 spiro atoms. The van der Waals surface area contributed by atoms with Gasteiger partial charge in [0, 0.05) is 56.0 Å². The minimum Gasteiger partial charge on any atom is -0.330 e. The van der Waals surface area contributed by atoms with Gasteiger partial charge in [0.2, 0.25) is 0 Å². The van der Waals surface area contributed by atoms with Crippen molar-refractivity contribution in [2.24, 2.45) is 17.6 Å². The third kappa shape index (κ3) is 7.35. The Morgan fingerprint density at radius 1 is 1.23 bits per heavy atom. The number of aromatic nitrogens is 2. The highest BCUT2D eigenvalue weighted by molar-refractivity contribution is 6.42. The van der Waals surface area contributed by atoms with E-state index in [-0.39, 0.29) is 29.7 Å². The summed E-state index contributed by atoms with van der Waals surface area (Å²) in [5.74, 6) is -0.0406. The van der Waals surface area contributed by atoms with Crippen molar-refractivity contribution < 1.29 is 9.72 Å². The molecule has 1 aromatic heterocycles. The Bertz CT molecular complexity index is 1150. The van der Waals surface area contributed by atoms with E-state index in [1.54, 1.807) is 30.7 Å². The molecule has 0 amide bonds. The highest BCUT2D eigenvalue weighted by Crippen LogP contribution is 2.26. The Morgan fingerprint density at radius 3 is 2.66 bits per heavy atom. The Hall–Kier alpha value is -2.78. The lowest BCUT2D eigenvalue weighted by atomic mass is 9.85. The van der Waals surface area contributed by atoms with Crippen molar-refractivity contribution in [3.8, 4) is 0 Å². The number of nitro groups is 1. The quantitative estimate of drug-likeness (QED) is 0.251. The fourth-order valence-electron chi connectivity index (χ4n) is 4.01. The average Bonchev–Trinajstić information content (AvgIpc) is 3.26. The van der Waals surface area contributed by atoms with Crippen molar-refractivity contribution in [1.82, 2.24) is 14.9 Å². The average molecular weight is 518 g/mol. The molecular formula is C25H29Cl2N5O3. The molecular weight excluding hydrogens is 489 g/mol. The second-order valence-corrected chi connectivity index (χ2v) is 9.37. The number of rotatable bonds is 13. The van der Waals surface area contributed by atoms with E-state index < -0.39 is 4.92 Å². The Kier molecular flexibility index (Phi) is 9.80. The summed E-state index contributed by atoms with van der Waals surface area (Å²) in [4.78, 5) is 28.0. The Morgan fingerprint density at radius 2 is 1.97 bits per heavy atom. The SMILES string of the molecule is CC(CCN)C(CNCc1cccc(Cl)c1Cl)C(=O)Cc1cncn1Cc1ccc([N+](=O)[O-])cc1. The number of nitrogens with one attached hydrogen (secondary N) is 1. The van der Waals surface area contributed by atoms with Crippen LogP contribution in [0, 0.1) is 22.0 Å². The van der Waals surface area contributed by atoms with E-state index in [9.17, 15) is 14.9 Å². The molecule has 2 aromatic carbocycles. The maximum Gasteiger partial charge on any atom is 0.269 e. The lowest BCUT2D eigenvalue weighted by Gasteiger charge is -2.23. The molecule has 10 heteroatoms. The van der Waals surface area contributed by atoms with Crippen molar-refractivity contribution in [3.63, 3.8) is 0 Å². The molecule has 0 aliphatic rings. The van der Waals surface area contributed by atoms with Crippen LogP contribution in [-0.2, 0) is 24.3 Å². The van der Waals surface area contributed by atoms with Gasteiger partial charge in [0.15, 0.2) is 0 Å². The number of imidazole rings is 1. The van der Waals surface area contributed by atoms with E-state index in [0.29, 0.717) is 36.2 Å². The summed E-state index contributed by atoms with van der Waals surface area (Å²) in [5, 5.41) is 15.2. The van der Waals surface area contributed by atoms with Crippen molar-refractivity contribution in [3.05, 3.63) is 92.0 Å². The van der Waals surface area contributed by atoms with Gasteiger partial charge < -0.3 is 15.6 Å². The molecule has 0 aliphatic heterocycles. The molecule has 0 aliphatic carbocycles. The molecule has 8 nitrogen and oxygen atoms in total. The van der Waals surface area contributed by atoms with Crippen molar-refractivity contribution in [1.29, 1.82) is 0 Å². The monoisotopic (exact) mass is 517 g/mol. The Balaban J connectivity index is 1.67. The maximum absolute atomic E-state index is 13.4.